The van der Waals surface area contributed by atoms with E-state index in [-0.39, 0.29) is 0 Å². The van der Waals surface area contributed by atoms with Crippen LogP contribution in [0, 0.1) is 0 Å². The Morgan fingerprint density at radius 1 is 1.58 bits per heavy atom. The Kier molecular flexibility index (Phi) is 3.18. The van der Waals surface area contributed by atoms with Gasteiger partial charge in [0, 0.05) is 17.8 Å². The number of rotatable bonds is 3. The third-order valence-electron chi connectivity index (χ3n) is 1.71. The molecular weight excluding hydrogens is 170 g/mol. The van der Waals surface area contributed by atoms with E-state index in [1.165, 1.54) is 5.56 Å². The molecule has 0 aromatic heterocycles. The predicted octanol–water partition coefficient (Wildman–Crippen LogP) is 3.11. The minimum Gasteiger partial charge on any atom is -0.388 e. The molecule has 12 heavy (non-hydrogen) atoms. The first-order valence-corrected chi connectivity index (χ1v) is 4.23. The summed E-state index contributed by atoms with van der Waals surface area (Å²) in [5, 5.41) is 3.85. The van der Waals surface area contributed by atoms with Crippen molar-refractivity contribution in [2.24, 2.45) is 0 Å². The standard InChI is InChI=1S/C10H12ClN/c1-3-4-8-5-6-9(11)7-10(8)12-2/h3,5-7,12H,1,4H2,2H3. The van der Waals surface area contributed by atoms with Crippen molar-refractivity contribution < 1.29 is 0 Å². The molecule has 0 saturated heterocycles. The molecule has 1 rings (SSSR count). The second-order valence-corrected chi connectivity index (χ2v) is 2.98. The molecule has 64 valence electrons. The molecule has 0 atom stereocenters. The van der Waals surface area contributed by atoms with Gasteiger partial charge < -0.3 is 5.32 Å². The first kappa shape index (κ1) is 9.14. The molecule has 0 amide bonds. The Hall–Kier alpha value is -0.950. The Bertz CT molecular complexity index is 281. The van der Waals surface area contributed by atoms with Crippen molar-refractivity contribution in [3.8, 4) is 0 Å². The quantitative estimate of drug-likeness (QED) is 0.707. The maximum absolute atomic E-state index is 5.83. The van der Waals surface area contributed by atoms with E-state index in [0.29, 0.717) is 0 Å². The maximum atomic E-state index is 5.83. The van der Waals surface area contributed by atoms with Crippen molar-refractivity contribution in [3.05, 3.63) is 41.4 Å². The smallest absolute Gasteiger partial charge is 0.0426 e. The Balaban J connectivity index is 3.01. The predicted molar refractivity (Wildman–Crippen MR) is 54.9 cm³/mol. The summed E-state index contributed by atoms with van der Waals surface area (Å²) in [5.41, 5.74) is 2.29. The fourth-order valence-corrected chi connectivity index (χ4v) is 1.29. The summed E-state index contributed by atoms with van der Waals surface area (Å²) in [5.74, 6) is 0. The zero-order valence-electron chi connectivity index (χ0n) is 7.10. The van der Waals surface area contributed by atoms with Gasteiger partial charge in [0.2, 0.25) is 0 Å². The SMILES string of the molecule is C=CCc1ccc(Cl)cc1NC. The monoisotopic (exact) mass is 181 g/mol. The highest BCUT2D eigenvalue weighted by Gasteiger charge is 1.98. The number of anilines is 1. The van der Waals surface area contributed by atoms with Crippen LogP contribution in [0.3, 0.4) is 0 Å². The van der Waals surface area contributed by atoms with Gasteiger partial charge in [-0.3, -0.25) is 0 Å². The normalized spacial score (nSPS) is 9.50. The van der Waals surface area contributed by atoms with Crippen LogP contribution in [0.1, 0.15) is 5.56 Å². The molecule has 0 aliphatic heterocycles. The number of nitrogens with one attached hydrogen (secondary N) is 1. The molecule has 0 aliphatic carbocycles. The van der Waals surface area contributed by atoms with Gasteiger partial charge in [-0.25, -0.2) is 0 Å². The lowest BCUT2D eigenvalue weighted by atomic mass is 10.1. The largest absolute Gasteiger partial charge is 0.388 e. The Labute approximate surface area is 78.1 Å². The van der Waals surface area contributed by atoms with E-state index in [1.54, 1.807) is 0 Å². The van der Waals surface area contributed by atoms with E-state index in [4.69, 9.17) is 11.6 Å². The summed E-state index contributed by atoms with van der Waals surface area (Å²) < 4.78 is 0. The summed E-state index contributed by atoms with van der Waals surface area (Å²) in [6.45, 7) is 3.69. The van der Waals surface area contributed by atoms with Crippen molar-refractivity contribution in [1.82, 2.24) is 0 Å². The van der Waals surface area contributed by atoms with E-state index in [0.717, 1.165) is 17.1 Å². The van der Waals surface area contributed by atoms with Crippen LogP contribution in [0.15, 0.2) is 30.9 Å². The van der Waals surface area contributed by atoms with Gasteiger partial charge in [-0.05, 0) is 24.1 Å². The van der Waals surface area contributed by atoms with Crippen LogP contribution in [0.25, 0.3) is 0 Å². The maximum Gasteiger partial charge on any atom is 0.0426 e. The van der Waals surface area contributed by atoms with Gasteiger partial charge in [-0.1, -0.05) is 23.7 Å². The van der Waals surface area contributed by atoms with Crippen LogP contribution >= 0.6 is 11.6 Å². The minimum absolute atomic E-state index is 0.757. The molecule has 1 N–H and O–H groups in total. The second kappa shape index (κ2) is 4.17. The van der Waals surface area contributed by atoms with Gasteiger partial charge in [0.1, 0.15) is 0 Å². The Morgan fingerprint density at radius 2 is 2.33 bits per heavy atom. The summed E-state index contributed by atoms with van der Waals surface area (Å²) in [4.78, 5) is 0. The highest BCUT2D eigenvalue weighted by atomic mass is 35.5. The number of halogens is 1. The average Bonchev–Trinajstić information content (AvgIpc) is 2.08. The van der Waals surface area contributed by atoms with E-state index in [2.05, 4.69) is 11.9 Å². The zero-order valence-corrected chi connectivity index (χ0v) is 7.86. The highest BCUT2D eigenvalue weighted by molar-refractivity contribution is 6.30. The highest BCUT2D eigenvalue weighted by Crippen LogP contribution is 2.20. The molecule has 1 nitrogen and oxygen atoms in total. The van der Waals surface area contributed by atoms with Crippen molar-refractivity contribution >= 4 is 17.3 Å². The summed E-state index contributed by atoms with van der Waals surface area (Å²) in [6, 6.07) is 5.82. The molecule has 0 fully saturated rings. The first-order chi connectivity index (χ1) is 5.77. The van der Waals surface area contributed by atoms with Gasteiger partial charge in [0.05, 0.1) is 0 Å². The van der Waals surface area contributed by atoms with Crippen LogP contribution in [-0.2, 0) is 6.42 Å². The van der Waals surface area contributed by atoms with Gasteiger partial charge in [-0.2, -0.15) is 0 Å². The summed E-state index contributed by atoms with van der Waals surface area (Å²) in [6.07, 6.45) is 2.75. The fraction of sp³-hybridized carbons (Fsp3) is 0.200. The van der Waals surface area contributed by atoms with Crippen molar-refractivity contribution in [3.63, 3.8) is 0 Å². The van der Waals surface area contributed by atoms with Crippen LogP contribution in [-0.4, -0.2) is 7.05 Å². The molecular formula is C10H12ClN. The lowest BCUT2D eigenvalue weighted by Gasteiger charge is -2.06. The van der Waals surface area contributed by atoms with Crippen LogP contribution in [0.5, 0.6) is 0 Å². The van der Waals surface area contributed by atoms with Gasteiger partial charge in [0.15, 0.2) is 0 Å². The molecule has 0 radical (unpaired) electrons. The van der Waals surface area contributed by atoms with E-state index in [1.807, 2.05) is 31.3 Å². The number of benzene rings is 1. The second-order valence-electron chi connectivity index (χ2n) is 2.54. The number of hydrogen-bond donors (Lipinski definition) is 1. The molecule has 1 aromatic rings. The number of allylic oxidation sites excluding steroid dienone is 1. The summed E-state index contributed by atoms with van der Waals surface area (Å²) in [7, 11) is 1.89. The molecule has 1 aromatic carbocycles. The molecule has 2 heteroatoms. The van der Waals surface area contributed by atoms with Gasteiger partial charge >= 0.3 is 0 Å². The van der Waals surface area contributed by atoms with E-state index >= 15 is 0 Å². The molecule has 0 bridgehead atoms. The molecule has 0 heterocycles. The fourth-order valence-electron chi connectivity index (χ4n) is 1.11. The average molecular weight is 182 g/mol. The Morgan fingerprint density at radius 3 is 2.92 bits per heavy atom. The van der Waals surface area contributed by atoms with Crippen LogP contribution in [0.4, 0.5) is 5.69 Å². The minimum atomic E-state index is 0.757. The van der Waals surface area contributed by atoms with Crippen LogP contribution < -0.4 is 5.32 Å². The zero-order chi connectivity index (χ0) is 8.97. The first-order valence-electron chi connectivity index (χ1n) is 3.85. The lowest BCUT2D eigenvalue weighted by molar-refractivity contribution is 1.26. The third kappa shape index (κ3) is 2.02. The van der Waals surface area contributed by atoms with Crippen LogP contribution in [0.2, 0.25) is 5.02 Å². The van der Waals surface area contributed by atoms with Gasteiger partial charge in [0.25, 0.3) is 0 Å². The van der Waals surface area contributed by atoms with Crippen molar-refractivity contribution in [2.45, 2.75) is 6.42 Å². The van der Waals surface area contributed by atoms with E-state index < -0.39 is 0 Å². The third-order valence-corrected chi connectivity index (χ3v) is 1.94. The topological polar surface area (TPSA) is 12.0 Å². The molecule has 0 spiro atoms. The van der Waals surface area contributed by atoms with Crippen molar-refractivity contribution in [2.75, 3.05) is 12.4 Å². The van der Waals surface area contributed by atoms with Crippen molar-refractivity contribution in [1.29, 1.82) is 0 Å². The van der Waals surface area contributed by atoms with Gasteiger partial charge in [-0.15, -0.1) is 6.58 Å². The number of hydrogen-bond acceptors (Lipinski definition) is 1. The lowest BCUT2D eigenvalue weighted by Crippen LogP contribution is -1.93. The molecule has 0 saturated carbocycles. The molecule has 0 aliphatic rings. The summed E-state index contributed by atoms with van der Waals surface area (Å²) >= 11 is 5.83. The molecule has 0 unspecified atom stereocenters. The van der Waals surface area contributed by atoms with E-state index in [9.17, 15) is 0 Å².